The monoisotopic (exact) mass is 459 g/mol. The summed E-state index contributed by atoms with van der Waals surface area (Å²) < 4.78 is 3.31. The number of benzene rings is 3. The molecule has 123 valence electrons. The Labute approximate surface area is 163 Å². The van der Waals surface area contributed by atoms with E-state index < -0.39 is 5.91 Å². The first-order chi connectivity index (χ1) is 12.1. The van der Waals surface area contributed by atoms with E-state index in [0.717, 1.165) is 21.8 Å². The van der Waals surface area contributed by atoms with Gasteiger partial charge >= 0.3 is 0 Å². The average molecular weight is 460 g/mol. The quantitative estimate of drug-likeness (QED) is 0.431. The second-order valence-electron chi connectivity index (χ2n) is 5.79. The molecule has 0 unspecified atom stereocenters. The number of carbonyl (C=O) groups is 1. The van der Waals surface area contributed by atoms with Gasteiger partial charge in [0.2, 0.25) is 5.91 Å². The topological polar surface area (TPSA) is 48.0 Å². The number of aromatic nitrogens is 1. The lowest BCUT2D eigenvalue weighted by molar-refractivity contribution is 0.100. The molecule has 1 heterocycles. The van der Waals surface area contributed by atoms with E-state index in [1.54, 1.807) is 12.1 Å². The molecule has 0 saturated heterocycles. The van der Waals surface area contributed by atoms with Crippen molar-refractivity contribution < 1.29 is 4.79 Å². The van der Waals surface area contributed by atoms with Crippen LogP contribution >= 0.6 is 34.2 Å². The summed E-state index contributed by atoms with van der Waals surface area (Å²) in [5, 5.41) is 2.26. The van der Waals surface area contributed by atoms with Gasteiger partial charge in [0.1, 0.15) is 0 Å². The van der Waals surface area contributed by atoms with Crippen LogP contribution < -0.4 is 5.73 Å². The summed E-state index contributed by atoms with van der Waals surface area (Å²) >= 11 is 8.84. The highest BCUT2D eigenvalue weighted by molar-refractivity contribution is 14.1. The van der Waals surface area contributed by atoms with Crippen LogP contribution in [0.25, 0.3) is 21.8 Å². The molecule has 0 atom stereocenters. The zero-order valence-electron chi connectivity index (χ0n) is 13.1. The van der Waals surface area contributed by atoms with Crippen LogP contribution in [0, 0.1) is 9.64 Å². The molecule has 5 heteroatoms. The molecule has 0 aliphatic carbocycles. The summed E-state index contributed by atoms with van der Waals surface area (Å²) in [5.41, 5.74) is 9.07. The molecule has 0 bridgehead atoms. The van der Waals surface area contributed by atoms with E-state index in [1.165, 1.54) is 9.13 Å². The Kier molecular flexibility index (Phi) is 4.17. The molecule has 1 amide bonds. The minimum absolute atomic E-state index is 0.452. The molecule has 0 saturated carbocycles. The van der Waals surface area contributed by atoms with E-state index in [0.29, 0.717) is 17.1 Å². The van der Waals surface area contributed by atoms with Crippen molar-refractivity contribution in [2.75, 3.05) is 0 Å². The van der Waals surface area contributed by atoms with Crippen molar-refractivity contribution in [3.8, 4) is 0 Å². The minimum atomic E-state index is -0.452. The van der Waals surface area contributed by atoms with E-state index in [1.807, 2.05) is 30.3 Å². The fraction of sp³-hybridized carbons (Fsp3) is 0.0500. The lowest BCUT2D eigenvalue weighted by Crippen LogP contribution is -2.11. The van der Waals surface area contributed by atoms with Gasteiger partial charge in [0, 0.05) is 26.5 Å². The largest absolute Gasteiger partial charge is 0.366 e. The van der Waals surface area contributed by atoms with Crippen molar-refractivity contribution in [3.05, 3.63) is 80.4 Å². The van der Waals surface area contributed by atoms with E-state index in [-0.39, 0.29) is 0 Å². The Morgan fingerprint density at radius 3 is 2.72 bits per heavy atom. The highest BCUT2D eigenvalue weighted by atomic mass is 127. The Hall–Kier alpha value is -2.05. The first-order valence-electron chi connectivity index (χ1n) is 7.72. The van der Waals surface area contributed by atoms with Crippen LogP contribution in [0.1, 0.15) is 15.9 Å². The summed E-state index contributed by atoms with van der Waals surface area (Å²) in [4.78, 5) is 11.9. The summed E-state index contributed by atoms with van der Waals surface area (Å²) in [7, 11) is 0. The second-order valence-corrected chi connectivity index (χ2v) is 7.36. The fourth-order valence-electron chi connectivity index (χ4n) is 3.23. The predicted molar refractivity (Wildman–Crippen MR) is 110 cm³/mol. The average Bonchev–Trinajstić information content (AvgIpc) is 2.92. The van der Waals surface area contributed by atoms with Crippen molar-refractivity contribution in [1.82, 2.24) is 4.57 Å². The highest BCUT2D eigenvalue weighted by Gasteiger charge is 2.18. The lowest BCUT2D eigenvalue weighted by atomic mass is 10.1. The smallest absolute Gasteiger partial charge is 0.249 e. The van der Waals surface area contributed by atoms with Crippen molar-refractivity contribution >= 4 is 61.9 Å². The summed E-state index contributed by atoms with van der Waals surface area (Å²) in [5.74, 6) is -0.452. The maximum Gasteiger partial charge on any atom is 0.249 e. The third kappa shape index (κ3) is 2.69. The number of fused-ring (bicyclic) bond motifs is 3. The number of hydrogen-bond donors (Lipinski definition) is 1. The van der Waals surface area contributed by atoms with E-state index in [9.17, 15) is 4.79 Å². The molecule has 3 nitrogen and oxygen atoms in total. The van der Waals surface area contributed by atoms with Gasteiger partial charge in [-0.05, 0) is 58.5 Å². The normalized spacial score (nSPS) is 11.3. The molecule has 4 rings (SSSR count). The fourth-order valence-corrected chi connectivity index (χ4v) is 4.05. The third-order valence-corrected chi connectivity index (χ3v) is 5.68. The van der Waals surface area contributed by atoms with Crippen LogP contribution in [0.15, 0.2) is 54.6 Å². The molecule has 1 aromatic heterocycles. The summed E-state index contributed by atoms with van der Waals surface area (Å²) in [6, 6.07) is 20.6. The number of halogens is 2. The maximum atomic E-state index is 11.9. The van der Waals surface area contributed by atoms with Crippen molar-refractivity contribution in [1.29, 1.82) is 0 Å². The lowest BCUT2D eigenvalue weighted by Gasteiger charge is -2.10. The highest BCUT2D eigenvalue weighted by Crippen LogP contribution is 2.35. The van der Waals surface area contributed by atoms with Crippen LogP contribution in [-0.4, -0.2) is 10.5 Å². The number of rotatable bonds is 3. The van der Waals surface area contributed by atoms with Gasteiger partial charge in [-0.1, -0.05) is 41.9 Å². The van der Waals surface area contributed by atoms with Gasteiger partial charge in [-0.2, -0.15) is 0 Å². The van der Waals surface area contributed by atoms with E-state index in [4.69, 9.17) is 17.3 Å². The minimum Gasteiger partial charge on any atom is -0.366 e. The van der Waals surface area contributed by atoms with Gasteiger partial charge in [-0.25, -0.2) is 0 Å². The molecule has 0 fully saturated rings. The molecule has 3 aromatic carbocycles. The van der Waals surface area contributed by atoms with Gasteiger partial charge in [0.25, 0.3) is 0 Å². The standard InChI is InChI=1S/C20H13ClIN2O/c21-15-8-3-6-13-18-14(20(23)25)7-4-10-17(18)24(19(13)15)11-12-5-1-2-9-16(12)22/h1-5,7-10H,11H2,(H2,23,25). The first-order valence-corrected chi connectivity index (χ1v) is 9.18. The number of carbonyl (C=O) groups excluding carboxylic acids is 1. The van der Waals surface area contributed by atoms with E-state index >= 15 is 0 Å². The third-order valence-electron chi connectivity index (χ3n) is 4.33. The molecule has 1 radical (unpaired) electrons. The molecular weight excluding hydrogens is 447 g/mol. The Balaban J connectivity index is 2.10. The predicted octanol–water partition coefficient (Wildman–Crippen LogP) is 5.00. The second kappa shape index (κ2) is 6.35. The first kappa shape index (κ1) is 16.4. The Bertz CT molecular complexity index is 1130. The van der Waals surface area contributed by atoms with Gasteiger partial charge in [0.15, 0.2) is 0 Å². The Morgan fingerprint density at radius 1 is 1.16 bits per heavy atom. The SMILES string of the molecule is NC(=O)c1cccc2c1c1[c]ccc(Cl)c1n2Cc1ccccc1I. The molecule has 4 aromatic rings. The molecule has 25 heavy (non-hydrogen) atoms. The zero-order chi connectivity index (χ0) is 17.6. The number of amides is 1. The zero-order valence-corrected chi connectivity index (χ0v) is 16.0. The molecule has 2 N–H and O–H groups in total. The van der Waals surface area contributed by atoms with Crippen LogP contribution in [0.3, 0.4) is 0 Å². The summed E-state index contributed by atoms with van der Waals surface area (Å²) in [6.07, 6.45) is 0. The van der Waals surface area contributed by atoms with Crippen LogP contribution in [0.4, 0.5) is 0 Å². The van der Waals surface area contributed by atoms with Crippen molar-refractivity contribution in [2.24, 2.45) is 5.73 Å². The Morgan fingerprint density at radius 2 is 1.96 bits per heavy atom. The van der Waals surface area contributed by atoms with Gasteiger partial charge < -0.3 is 10.3 Å². The van der Waals surface area contributed by atoms with Crippen molar-refractivity contribution in [2.45, 2.75) is 6.54 Å². The molecule has 0 aliphatic heterocycles. The van der Waals surface area contributed by atoms with Crippen molar-refractivity contribution in [3.63, 3.8) is 0 Å². The summed E-state index contributed by atoms with van der Waals surface area (Å²) in [6.45, 7) is 0.652. The van der Waals surface area contributed by atoms with Gasteiger partial charge in [0.05, 0.1) is 16.1 Å². The number of nitrogens with two attached hydrogens (primary N) is 1. The van der Waals surface area contributed by atoms with E-state index in [2.05, 4.69) is 45.4 Å². The van der Waals surface area contributed by atoms with Gasteiger partial charge in [-0.3, -0.25) is 4.79 Å². The number of primary amides is 1. The van der Waals surface area contributed by atoms with Crippen LogP contribution in [-0.2, 0) is 6.54 Å². The maximum absolute atomic E-state index is 11.9. The molecular formula is C20H13ClIN2O. The van der Waals surface area contributed by atoms with Crippen LogP contribution in [0.5, 0.6) is 0 Å². The van der Waals surface area contributed by atoms with Gasteiger partial charge in [-0.15, -0.1) is 0 Å². The molecule has 0 aliphatic rings. The van der Waals surface area contributed by atoms with Crippen LogP contribution in [0.2, 0.25) is 5.02 Å². The number of nitrogens with zero attached hydrogens (tertiary/aromatic N) is 1. The molecule has 0 spiro atoms. The number of hydrogen-bond acceptors (Lipinski definition) is 1.